The van der Waals surface area contributed by atoms with Gasteiger partial charge in [0.25, 0.3) is 0 Å². The Labute approximate surface area is 173 Å². The first-order valence-electron chi connectivity index (χ1n) is 9.27. The molecule has 0 heterocycles. The highest BCUT2D eigenvalue weighted by Crippen LogP contribution is 2.27. The summed E-state index contributed by atoms with van der Waals surface area (Å²) < 4.78 is 5.98. The number of hydrogen-bond acceptors (Lipinski definition) is 4. The number of hydrogen-bond donors (Lipinski definition) is 1. The third kappa shape index (κ3) is 5.54. The van der Waals surface area contributed by atoms with Crippen LogP contribution in [-0.2, 0) is 4.74 Å². The van der Waals surface area contributed by atoms with E-state index in [0.717, 1.165) is 29.3 Å². The van der Waals surface area contributed by atoms with Crippen molar-refractivity contribution in [1.29, 1.82) is 0 Å². The lowest BCUT2D eigenvalue weighted by Gasteiger charge is -2.26. The number of ketones is 1. The normalized spacial score (nSPS) is 15.2. The van der Waals surface area contributed by atoms with E-state index < -0.39 is 11.6 Å². The van der Waals surface area contributed by atoms with E-state index in [1.54, 1.807) is 48.5 Å². The van der Waals surface area contributed by atoms with Crippen molar-refractivity contribution < 1.29 is 19.4 Å². The Kier molecular flexibility index (Phi) is 6.66. The maximum absolute atomic E-state index is 12.1. The summed E-state index contributed by atoms with van der Waals surface area (Å²) >= 11 is 3.31. The Morgan fingerprint density at radius 1 is 0.964 bits per heavy atom. The van der Waals surface area contributed by atoms with Crippen molar-refractivity contribution >= 4 is 27.7 Å². The second-order valence-corrected chi connectivity index (χ2v) is 7.84. The zero-order valence-corrected chi connectivity index (χ0v) is 17.0. The molecule has 0 unspecified atom stereocenters. The van der Waals surface area contributed by atoms with Crippen LogP contribution < -0.4 is 0 Å². The van der Waals surface area contributed by atoms with Crippen molar-refractivity contribution in [3.05, 3.63) is 69.7 Å². The molecular formula is C23H21BrO4. The van der Waals surface area contributed by atoms with E-state index in [4.69, 9.17) is 4.74 Å². The molecule has 0 bridgehead atoms. The number of benzene rings is 2. The van der Waals surface area contributed by atoms with Crippen molar-refractivity contribution in [3.63, 3.8) is 0 Å². The van der Waals surface area contributed by atoms with Crippen molar-refractivity contribution in [2.75, 3.05) is 6.61 Å². The Balaban J connectivity index is 1.56. The van der Waals surface area contributed by atoms with Gasteiger partial charge in [-0.2, -0.15) is 0 Å². The van der Waals surface area contributed by atoms with Crippen LogP contribution in [-0.4, -0.2) is 29.1 Å². The second kappa shape index (κ2) is 9.18. The highest BCUT2D eigenvalue weighted by molar-refractivity contribution is 9.10. The lowest BCUT2D eigenvalue weighted by Crippen LogP contribution is -2.29. The molecule has 0 saturated heterocycles. The quantitative estimate of drug-likeness (QED) is 0.430. The van der Waals surface area contributed by atoms with Crippen LogP contribution in [0, 0.1) is 11.8 Å². The van der Waals surface area contributed by atoms with Crippen LogP contribution in [0.2, 0.25) is 0 Å². The van der Waals surface area contributed by atoms with Gasteiger partial charge in [-0.25, -0.2) is 4.79 Å². The predicted octanol–water partition coefficient (Wildman–Crippen LogP) is 4.54. The van der Waals surface area contributed by atoms with E-state index in [9.17, 15) is 14.7 Å². The minimum absolute atomic E-state index is 0.260. The molecule has 1 aliphatic carbocycles. The largest absolute Gasteiger partial charge is 0.454 e. The van der Waals surface area contributed by atoms with E-state index in [1.165, 1.54) is 0 Å². The summed E-state index contributed by atoms with van der Waals surface area (Å²) in [5.41, 5.74) is 0.665. The lowest BCUT2D eigenvalue weighted by molar-refractivity contribution is 0.0474. The summed E-state index contributed by atoms with van der Waals surface area (Å²) in [6, 6.07) is 13.5. The van der Waals surface area contributed by atoms with Gasteiger partial charge in [-0.1, -0.05) is 46.3 Å². The summed E-state index contributed by atoms with van der Waals surface area (Å²) in [5, 5.41) is 10.4. The highest BCUT2D eigenvalue weighted by atomic mass is 79.9. The third-order valence-corrected chi connectivity index (χ3v) is 5.27. The topological polar surface area (TPSA) is 63.6 Å². The molecule has 0 atom stereocenters. The summed E-state index contributed by atoms with van der Waals surface area (Å²) in [7, 11) is 0. The molecule has 0 aliphatic heterocycles. The third-order valence-electron chi connectivity index (χ3n) is 4.74. The number of carbonyl (C=O) groups excluding carboxylic acids is 2. The monoisotopic (exact) mass is 440 g/mol. The van der Waals surface area contributed by atoms with Gasteiger partial charge < -0.3 is 9.84 Å². The fraction of sp³-hybridized carbons (Fsp3) is 0.304. The van der Waals surface area contributed by atoms with Gasteiger partial charge in [0.1, 0.15) is 5.60 Å². The fourth-order valence-corrected chi connectivity index (χ4v) is 3.34. The molecule has 2 aromatic carbocycles. The molecule has 0 spiro atoms. The number of Topliss-reactive ketones (excluding diaryl/α,β-unsaturated/α-hetero) is 1. The molecule has 1 aliphatic rings. The van der Waals surface area contributed by atoms with Crippen LogP contribution in [0.25, 0.3) is 0 Å². The van der Waals surface area contributed by atoms with Crippen LogP contribution in [0.1, 0.15) is 58.4 Å². The van der Waals surface area contributed by atoms with Gasteiger partial charge in [0, 0.05) is 15.6 Å². The zero-order chi connectivity index (χ0) is 20.0. The zero-order valence-electron chi connectivity index (χ0n) is 15.4. The predicted molar refractivity (Wildman–Crippen MR) is 110 cm³/mol. The first kappa shape index (κ1) is 20.3. The molecule has 3 rings (SSSR count). The van der Waals surface area contributed by atoms with Gasteiger partial charge in [-0.05, 0) is 62.1 Å². The van der Waals surface area contributed by atoms with Crippen molar-refractivity contribution in [2.24, 2.45) is 0 Å². The average Bonchev–Trinajstić information content (AvgIpc) is 2.72. The van der Waals surface area contributed by atoms with E-state index in [-0.39, 0.29) is 12.4 Å². The smallest absolute Gasteiger partial charge is 0.338 e. The van der Waals surface area contributed by atoms with E-state index in [1.807, 2.05) is 0 Å². The minimum atomic E-state index is -0.900. The van der Waals surface area contributed by atoms with Crippen LogP contribution in [0.3, 0.4) is 0 Å². The first-order chi connectivity index (χ1) is 13.5. The Morgan fingerprint density at radius 2 is 1.57 bits per heavy atom. The van der Waals surface area contributed by atoms with E-state index in [0.29, 0.717) is 24.0 Å². The molecule has 1 N–H and O–H groups in total. The van der Waals surface area contributed by atoms with Crippen molar-refractivity contribution in [1.82, 2.24) is 0 Å². The van der Waals surface area contributed by atoms with Gasteiger partial charge in [-0.15, -0.1) is 0 Å². The molecular weight excluding hydrogens is 420 g/mol. The van der Waals surface area contributed by atoms with Gasteiger partial charge >= 0.3 is 5.97 Å². The first-order valence-corrected chi connectivity index (χ1v) is 10.1. The lowest BCUT2D eigenvalue weighted by atomic mass is 9.85. The molecule has 0 radical (unpaired) electrons. The molecule has 144 valence electrons. The van der Waals surface area contributed by atoms with Crippen LogP contribution >= 0.6 is 15.9 Å². The standard InChI is InChI=1S/C23H21BrO4/c24-20-10-8-18(9-11-20)21(25)16-28-22(26)19-6-4-17(5-7-19)12-15-23(27)13-2-1-3-14-23/h4-11,27H,1-3,13-14,16H2. The molecule has 1 fully saturated rings. The molecule has 5 heteroatoms. The molecule has 0 aromatic heterocycles. The number of halogens is 1. The van der Waals surface area contributed by atoms with Crippen LogP contribution in [0.15, 0.2) is 53.0 Å². The number of carbonyl (C=O) groups is 2. The molecule has 0 amide bonds. The van der Waals surface area contributed by atoms with E-state index in [2.05, 4.69) is 27.8 Å². The Morgan fingerprint density at radius 3 is 2.21 bits per heavy atom. The van der Waals surface area contributed by atoms with Gasteiger partial charge in [0.15, 0.2) is 12.4 Å². The molecule has 4 nitrogen and oxygen atoms in total. The second-order valence-electron chi connectivity index (χ2n) is 6.93. The maximum atomic E-state index is 12.1. The summed E-state index contributed by atoms with van der Waals surface area (Å²) in [6.07, 6.45) is 4.54. The molecule has 1 saturated carbocycles. The summed E-state index contributed by atoms with van der Waals surface area (Å²) in [6.45, 7) is -0.310. The number of esters is 1. The number of rotatable bonds is 4. The SMILES string of the molecule is O=C(COC(=O)c1ccc(C#CC2(O)CCCCC2)cc1)c1ccc(Br)cc1. The number of ether oxygens (including phenoxy) is 1. The van der Waals surface area contributed by atoms with Crippen LogP contribution in [0.4, 0.5) is 0 Å². The minimum Gasteiger partial charge on any atom is -0.454 e. The van der Waals surface area contributed by atoms with Gasteiger partial charge in [0.05, 0.1) is 5.56 Å². The van der Waals surface area contributed by atoms with Crippen molar-refractivity contribution in [3.8, 4) is 11.8 Å². The summed E-state index contributed by atoms with van der Waals surface area (Å²) in [5.74, 6) is 5.13. The average molecular weight is 441 g/mol. The summed E-state index contributed by atoms with van der Waals surface area (Å²) in [4.78, 5) is 24.2. The van der Waals surface area contributed by atoms with Gasteiger partial charge in [-0.3, -0.25) is 4.79 Å². The van der Waals surface area contributed by atoms with Crippen molar-refractivity contribution in [2.45, 2.75) is 37.7 Å². The maximum Gasteiger partial charge on any atom is 0.338 e. The molecule has 28 heavy (non-hydrogen) atoms. The molecule has 2 aromatic rings. The fourth-order valence-electron chi connectivity index (χ4n) is 3.07. The number of aliphatic hydroxyl groups is 1. The van der Waals surface area contributed by atoms with Crippen LogP contribution in [0.5, 0.6) is 0 Å². The highest BCUT2D eigenvalue weighted by Gasteiger charge is 2.26. The van der Waals surface area contributed by atoms with Gasteiger partial charge in [0.2, 0.25) is 0 Å². The Hall–Kier alpha value is -2.42. The Bertz CT molecular complexity index is 898. The van der Waals surface area contributed by atoms with E-state index >= 15 is 0 Å².